The summed E-state index contributed by atoms with van der Waals surface area (Å²) >= 11 is 0. The Hall–Kier alpha value is -2.41. The van der Waals surface area contributed by atoms with E-state index in [-0.39, 0.29) is 24.2 Å². The summed E-state index contributed by atoms with van der Waals surface area (Å²) in [6.45, 7) is 5.75. The van der Waals surface area contributed by atoms with Crippen molar-refractivity contribution in [2.45, 2.75) is 65.2 Å². The van der Waals surface area contributed by atoms with Gasteiger partial charge in [0.2, 0.25) is 5.91 Å². The van der Waals surface area contributed by atoms with Crippen molar-refractivity contribution in [2.24, 2.45) is 5.92 Å². The zero-order valence-electron chi connectivity index (χ0n) is 16.9. The summed E-state index contributed by atoms with van der Waals surface area (Å²) < 4.78 is 5.21. The van der Waals surface area contributed by atoms with E-state index in [1.54, 1.807) is 0 Å². The van der Waals surface area contributed by atoms with E-state index in [2.05, 4.69) is 10.6 Å². The average molecular weight is 392 g/mol. The molecule has 2 unspecified atom stereocenters. The van der Waals surface area contributed by atoms with Crippen LogP contribution in [-0.2, 0) is 20.9 Å². The third-order valence-corrected chi connectivity index (χ3v) is 4.65. The van der Waals surface area contributed by atoms with E-state index in [1.165, 1.54) is 6.92 Å². The summed E-state index contributed by atoms with van der Waals surface area (Å²) in [5.74, 6) is -0.568. The fourth-order valence-corrected chi connectivity index (χ4v) is 2.58. The summed E-state index contributed by atoms with van der Waals surface area (Å²) in [5, 5.41) is 14.9. The molecule has 1 aromatic carbocycles. The van der Waals surface area contributed by atoms with Gasteiger partial charge in [-0.15, -0.1) is 0 Å². The summed E-state index contributed by atoms with van der Waals surface area (Å²) in [6.07, 6.45) is 0.799. The van der Waals surface area contributed by atoms with Gasteiger partial charge in [0.1, 0.15) is 18.8 Å². The van der Waals surface area contributed by atoms with E-state index in [9.17, 15) is 19.5 Å². The highest BCUT2D eigenvalue weighted by atomic mass is 16.5. The van der Waals surface area contributed by atoms with E-state index in [0.717, 1.165) is 12.0 Å². The molecule has 1 aromatic rings. The van der Waals surface area contributed by atoms with Gasteiger partial charge in [-0.1, -0.05) is 50.6 Å². The third kappa shape index (κ3) is 8.99. The van der Waals surface area contributed by atoms with Crippen LogP contribution in [0.5, 0.6) is 0 Å². The van der Waals surface area contributed by atoms with Crippen LogP contribution in [0.2, 0.25) is 0 Å². The molecule has 0 saturated carbocycles. The first kappa shape index (κ1) is 23.6. The number of rotatable bonds is 12. The number of unbranched alkanes of at least 4 members (excludes halogenated alkanes) is 1. The SMILES string of the molecule is CCC(C)[C@H](NC(=O)OCc1ccccc1)C(=O)NCCCCC(O)C(C)=O. The number of hydrogen-bond donors (Lipinski definition) is 3. The fraction of sp³-hybridized carbons (Fsp3) is 0.571. The molecule has 0 fully saturated rings. The highest BCUT2D eigenvalue weighted by molar-refractivity contribution is 5.85. The Bertz CT molecular complexity index is 620. The molecule has 0 aliphatic carbocycles. The van der Waals surface area contributed by atoms with Gasteiger partial charge in [0.25, 0.3) is 0 Å². The van der Waals surface area contributed by atoms with Crippen LogP contribution in [0.3, 0.4) is 0 Å². The lowest BCUT2D eigenvalue weighted by Gasteiger charge is -2.23. The van der Waals surface area contributed by atoms with Crippen LogP contribution in [0.15, 0.2) is 30.3 Å². The number of aliphatic hydroxyl groups excluding tert-OH is 1. The number of ether oxygens (including phenoxy) is 1. The number of Topliss-reactive ketones (excluding diaryl/α,β-unsaturated/α-hetero) is 1. The molecule has 0 aromatic heterocycles. The van der Waals surface area contributed by atoms with Crippen LogP contribution in [0.25, 0.3) is 0 Å². The van der Waals surface area contributed by atoms with Crippen LogP contribution in [0, 0.1) is 5.92 Å². The molecule has 2 amide bonds. The largest absolute Gasteiger partial charge is 0.445 e. The van der Waals surface area contributed by atoms with Crippen molar-refractivity contribution in [3.8, 4) is 0 Å². The lowest BCUT2D eigenvalue weighted by molar-refractivity contribution is -0.125. The summed E-state index contributed by atoms with van der Waals surface area (Å²) in [7, 11) is 0. The smallest absolute Gasteiger partial charge is 0.408 e. The minimum Gasteiger partial charge on any atom is -0.445 e. The zero-order chi connectivity index (χ0) is 20.9. The quantitative estimate of drug-likeness (QED) is 0.474. The summed E-state index contributed by atoms with van der Waals surface area (Å²) in [4.78, 5) is 35.6. The van der Waals surface area contributed by atoms with Gasteiger partial charge in [-0.2, -0.15) is 0 Å². The van der Waals surface area contributed by atoms with Crippen LogP contribution >= 0.6 is 0 Å². The van der Waals surface area contributed by atoms with Crippen molar-refractivity contribution in [1.29, 1.82) is 0 Å². The summed E-state index contributed by atoms with van der Waals surface area (Å²) in [6, 6.07) is 8.64. The van der Waals surface area contributed by atoms with Crippen molar-refractivity contribution in [2.75, 3.05) is 6.54 Å². The number of aliphatic hydroxyl groups is 1. The van der Waals surface area contributed by atoms with Gasteiger partial charge in [0, 0.05) is 6.54 Å². The Kier molecular flexibility index (Phi) is 10.9. The number of ketones is 1. The number of hydrogen-bond acceptors (Lipinski definition) is 5. The van der Waals surface area contributed by atoms with Crippen molar-refractivity contribution in [3.63, 3.8) is 0 Å². The summed E-state index contributed by atoms with van der Waals surface area (Å²) in [5.41, 5.74) is 0.870. The second-order valence-corrected chi connectivity index (χ2v) is 6.98. The van der Waals surface area contributed by atoms with E-state index < -0.39 is 18.2 Å². The molecule has 0 aliphatic rings. The maximum absolute atomic E-state index is 12.5. The van der Waals surface area contributed by atoms with Crippen LogP contribution < -0.4 is 10.6 Å². The Morgan fingerprint density at radius 2 is 1.82 bits per heavy atom. The third-order valence-electron chi connectivity index (χ3n) is 4.65. The predicted octanol–water partition coefficient (Wildman–Crippen LogP) is 2.56. The second-order valence-electron chi connectivity index (χ2n) is 6.98. The number of nitrogens with one attached hydrogen (secondary N) is 2. The molecule has 3 atom stereocenters. The molecular weight excluding hydrogens is 360 g/mol. The monoisotopic (exact) mass is 392 g/mol. The van der Waals surface area contributed by atoms with Crippen LogP contribution in [-0.4, -0.2) is 41.6 Å². The van der Waals surface area contributed by atoms with E-state index >= 15 is 0 Å². The second kappa shape index (κ2) is 12.9. The molecule has 7 heteroatoms. The van der Waals surface area contributed by atoms with E-state index in [4.69, 9.17) is 4.74 Å². The van der Waals surface area contributed by atoms with Crippen molar-refractivity contribution < 1.29 is 24.2 Å². The highest BCUT2D eigenvalue weighted by Crippen LogP contribution is 2.09. The number of benzene rings is 1. The normalized spacial score (nSPS) is 13.9. The van der Waals surface area contributed by atoms with Gasteiger partial charge in [-0.25, -0.2) is 4.79 Å². The van der Waals surface area contributed by atoms with Crippen molar-refractivity contribution >= 4 is 17.8 Å². The first-order valence-corrected chi connectivity index (χ1v) is 9.78. The predicted molar refractivity (Wildman–Crippen MR) is 107 cm³/mol. The molecule has 0 heterocycles. The van der Waals surface area contributed by atoms with Gasteiger partial charge in [-0.3, -0.25) is 9.59 Å². The zero-order valence-corrected chi connectivity index (χ0v) is 16.9. The molecule has 7 nitrogen and oxygen atoms in total. The lowest BCUT2D eigenvalue weighted by Crippen LogP contribution is -2.50. The van der Waals surface area contributed by atoms with Crippen molar-refractivity contribution in [3.05, 3.63) is 35.9 Å². The van der Waals surface area contributed by atoms with Gasteiger partial charge < -0.3 is 20.5 Å². The lowest BCUT2D eigenvalue weighted by atomic mass is 9.98. The van der Waals surface area contributed by atoms with Crippen molar-refractivity contribution in [1.82, 2.24) is 10.6 Å². The van der Waals surface area contributed by atoms with Gasteiger partial charge in [-0.05, 0) is 37.7 Å². The first-order chi connectivity index (χ1) is 13.3. The minimum absolute atomic E-state index is 0.0520. The maximum Gasteiger partial charge on any atom is 0.408 e. The Morgan fingerprint density at radius 3 is 2.43 bits per heavy atom. The van der Waals surface area contributed by atoms with Gasteiger partial charge in [0.15, 0.2) is 5.78 Å². The molecule has 28 heavy (non-hydrogen) atoms. The van der Waals surface area contributed by atoms with E-state index in [0.29, 0.717) is 25.8 Å². The van der Waals surface area contributed by atoms with Gasteiger partial charge in [0.05, 0.1) is 0 Å². The number of carbonyl (C=O) groups is 3. The minimum atomic E-state index is -0.940. The molecule has 0 bridgehead atoms. The van der Waals surface area contributed by atoms with Crippen LogP contribution in [0.1, 0.15) is 52.0 Å². The average Bonchev–Trinajstić information content (AvgIpc) is 2.69. The highest BCUT2D eigenvalue weighted by Gasteiger charge is 2.26. The molecule has 3 N–H and O–H groups in total. The molecule has 0 spiro atoms. The molecule has 1 rings (SSSR count). The fourth-order valence-electron chi connectivity index (χ4n) is 2.58. The molecule has 0 aliphatic heterocycles. The first-order valence-electron chi connectivity index (χ1n) is 9.78. The molecule has 156 valence electrons. The van der Waals surface area contributed by atoms with Crippen LogP contribution in [0.4, 0.5) is 4.79 Å². The Morgan fingerprint density at radius 1 is 1.14 bits per heavy atom. The Labute approximate surface area is 166 Å². The topological polar surface area (TPSA) is 105 Å². The number of alkyl carbamates (subject to hydrolysis) is 1. The molecule has 0 radical (unpaired) electrons. The number of carbonyl (C=O) groups excluding carboxylic acids is 3. The van der Waals surface area contributed by atoms with E-state index in [1.807, 2.05) is 44.2 Å². The Balaban J connectivity index is 2.42. The molecule has 0 saturated heterocycles. The van der Waals surface area contributed by atoms with Gasteiger partial charge >= 0.3 is 6.09 Å². The maximum atomic E-state index is 12.5. The number of amides is 2. The molecular formula is C21H32N2O5. The standard InChI is InChI=1S/C21H32N2O5/c1-4-15(2)19(20(26)22-13-9-8-12-18(25)16(3)24)23-21(27)28-14-17-10-6-5-7-11-17/h5-7,10-11,15,18-19,25H,4,8-9,12-14H2,1-3H3,(H,22,26)(H,23,27)/t15?,18?,19-/m0/s1.